The van der Waals surface area contributed by atoms with Crippen LogP contribution in [0.2, 0.25) is 0 Å². The Hall–Kier alpha value is -1.98. The fourth-order valence-electron chi connectivity index (χ4n) is 3.86. The van der Waals surface area contributed by atoms with Crippen molar-refractivity contribution in [3.63, 3.8) is 0 Å². The molecule has 0 spiro atoms. The molecule has 0 unspecified atom stereocenters. The smallest absolute Gasteiger partial charge is 0.317 e. The number of hydrogen-bond acceptors (Lipinski definition) is 4. The Labute approximate surface area is 178 Å². The van der Waals surface area contributed by atoms with Crippen molar-refractivity contribution in [2.45, 2.75) is 61.9 Å². The Bertz CT molecular complexity index is 845. The van der Waals surface area contributed by atoms with Gasteiger partial charge in [0.25, 0.3) is 0 Å². The number of benzene rings is 2. The third kappa shape index (κ3) is 5.34. The molecule has 5 heteroatoms. The second-order valence-corrected chi connectivity index (χ2v) is 10.1. The van der Waals surface area contributed by atoms with Crippen LogP contribution in [-0.4, -0.2) is 47.7 Å². The normalized spacial score (nSPS) is 20.7. The van der Waals surface area contributed by atoms with Crippen LogP contribution in [0, 0.1) is 0 Å². The largest absolute Gasteiger partial charge is 0.480 e. The molecule has 156 valence electrons. The van der Waals surface area contributed by atoms with Crippen molar-refractivity contribution in [2.75, 3.05) is 24.5 Å². The lowest BCUT2D eigenvalue weighted by molar-refractivity contribution is -0.139. The molecule has 0 aliphatic carbocycles. The van der Waals surface area contributed by atoms with Crippen molar-refractivity contribution in [1.82, 2.24) is 4.90 Å². The third-order valence-electron chi connectivity index (χ3n) is 5.58. The predicted octanol–water partition coefficient (Wildman–Crippen LogP) is 5.12. The fraction of sp³-hybridized carbons (Fsp3) is 0.458. The maximum absolute atomic E-state index is 11.2. The maximum Gasteiger partial charge on any atom is 0.317 e. The van der Waals surface area contributed by atoms with E-state index in [4.69, 9.17) is 0 Å². The Balaban J connectivity index is 1.80. The highest BCUT2D eigenvalue weighted by atomic mass is 32.2. The van der Waals surface area contributed by atoms with Gasteiger partial charge in [-0.15, -0.1) is 0 Å². The number of hydrogen-bond donors (Lipinski definition) is 1. The quantitative estimate of drug-likeness (QED) is 0.738. The molecule has 1 heterocycles. The molecular weight excluding hydrogens is 380 g/mol. The van der Waals surface area contributed by atoms with Gasteiger partial charge in [0.15, 0.2) is 0 Å². The van der Waals surface area contributed by atoms with Crippen LogP contribution in [0.15, 0.2) is 58.3 Å². The highest BCUT2D eigenvalue weighted by molar-refractivity contribution is 7.99. The number of nitrogens with zero attached hydrogens (tertiary/aromatic N) is 2. The molecule has 1 aliphatic heterocycles. The van der Waals surface area contributed by atoms with Crippen LogP contribution in [-0.2, 0) is 10.2 Å². The van der Waals surface area contributed by atoms with Gasteiger partial charge in [0.2, 0.25) is 0 Å². The van der Waals surface area contributed by atoms with E-state index in [0.29, 0.717) is 0 Å². The average molecular weight is 413 g/mol. The summed E-state index contributed by atoms with van der Waals surface area (Å²) in [6, 6.07) is 17.9. The lowest BCUT2D eigenvalue weighted by Gasteiger charge is -2.45. The van der Waals surface area contributed by atoms with Crippen LogP contribution in [0.4, 0.5) is 5.69 Å². The number of piperazine rings is 1. The fourth-order valence-corrected chi connectivity index (χ4v) is 4.82. The van der Waals surface area contributed by atoms with Gasteiger partial charge in [-0.1, -0.05) is 56.8 Å². The first-order valence-electron chi connectivity index (χ1n) is 10.2. The minimum absolute atomic E-state index is 0.107. The summed E-state index contributed by atoms with van der Waals surface area (Å²) in [5, 5.41) is 9.17. The molecule has 0 aromatic heterocycles. The monoisotopic (exact) mass is 412 g/mol. The Morgan fingerprint density at radius 1 is 1.03 bits per heavy atom. The van der Waals surface area contributed by atoms with Gasteiger partial charge >= 0.3 is 5.97 Å². The standard InChI is InChI=1S/C24H32N2O2S/c1-17-15-26(18(2)14-25(17)16-23(27)28)21-8-6-7-9-22(21)29-20-12-10-19(11-13-20)24(3,4)5/h6-13,17-18H,14-16H2,1-5H3,(H,27,28)/t17-,18+/m1/s1. The van der Waals surface area contributed by atoms with E-state index in [1.54, 1.807) is 11.8 Å². The second kappa shape index (κ2) is 8.80. The molecule has 2 atom stereocenters. The second-order valence-electron chi connectivity index (χ2n) is 9.02. The van der Waals surface area contributed by atoms with E-state index in [1.165, 1.54) is 21.0 Å². The minimum Gasteiger partial charge on any atom is -0.480 e. The zero-order chi connectivity index (χ0) is 21.2. The highest BCUT2D eigenvalue weighted by Gasteiger charge is 2.31. The maximum atomic E-state index is 11.2. The molecule has 1 aliphatic rings. The number of anilines is 1. The van der Waals surface area contributed by atoms with E-state index in [9.17, 15) is 9.90 Å². The van der Waals surface area contributed by atoms with Gasteiger partial charge in [0, 0.05) is 35.0 Å². The molecular formula is C24H32N2O2S. The first-order chi connectivity index (χ1) is 13.6. The van der Waals surface area contributed by atoms with E-state index >= 15 is 0 Å². The van der Waals surface area contributed by atoms with Crippen LogP contribution in [0.5, 0.6) is 0 Å². The summed E-state index contributed by atoms with van der Waals surface area (Å²) in [5.41, 5.74) is 2.72. The molecule has 3 rings (SSSR count). The van der Waals surface area contributed by atoms with Crippen LogP contribution in [0.3, 0.4) is 0 Å². The molecule has 1 saturated heterocycles. The van der Waals surface area contributed by atoms with E-state index in [-0.39, 0.29) is 24.0 Å². The number of aliphatic carboxylic acids is 1. The van der Waals surface area contributed by atoms with Gasteiger partial charge in [0.05, 0.1) is 12.2 Å². The first-order valence-corrected chi connectivity index (χ1v) is 11.1. The average Bonchev–Trinajstić information content (AvgIpc) is 2.64. The van der Waals surface area contributed by atoms with Crippen LogP contribution in [0.25, 0.3) is 0 Å². The van der Waals surface area contributed by atoms with Gasteiger partial charge < -0.3 is 10.0 Å². The molecule has 1 N–H and O–H groups in total. The summed E-state index contributed by atoms with van der Waals surface area (Å²) in [7, 11) is 0. The first kappa shape index (κ1) is 21.7. The molecule has 2 aromatic rings. The molecule has 0 amide bonds. The molecule has 4 nitrogen and oxygen atoms in total. The van der Waals surface area contributed by atoms with Crippen molar-refractivity contribution in [3.8, 4) is 0 Å². The Kier molecular flexibility index (Phi) is 6.59. The number of rotatable bonds is 5. The van der Waals surface area contributed by atoms with E-state index in [2.05, 4.69) is 92.9 Å². The van der Waals surface area contributed by atoms with E-state index in [1.807, 2.05) is 0 Å². The lowest BCUT2D eigenvalue weighted by atomic mass is 9.87. The van der Waals surface area contributed by atoms with E-state index in [0.717, 1.165) is 13.1 Å². The number of para-hydroxylation sites is 1. The summed E-state index contributed by atoms with van der Waals surface area (Å²) in [5.74, 6) is -0.757. The number of carboxylic acid groups (broad SMARTS) is 1. The molecule has 0 bridgehead atoms. The summed E-state index contributed by atoms with van der Waals surface area (Å²) < 4.78 is 0. The van der Waals surface area contributed by atoms with Gasteiger partial charge in [-0.3, -0.25) is 9.69 Å². The molecule has 1 fully saturated rings. The van der Waals surface area contributed by atoms with Crippen molar-refractivity contribution < 1.29 is 9.90 Å². The van der Waals surface area contributed by atoms with Gasteiger partial charge in [-0.25, -0.2) is 0 Å². The highest BCUT2D eigenvalue weighted by Crippen LogP contribution is 2.38. The topological polar surface area (TPSA) is 43.8 Å². The zero-order valence-electron chi connectivity index (χ0n) is 18.1. The molecule has 2 aromatic carbocycles. The molecule has 0 radical (unpaired) electrons. The zero-order valence-corrected chi connectivity index (χ0v) is 18.9. The SMILES string of the molecule is C[C@@H]1CN(c2ccccc2Sc2ccc(C(C)(C)C)cc2)[C@@H](C)CN1CC(=O)O. The van der Waals surface area contributed by atoms with Crippen LogP contribution in [0.1, 0.15) is 40.2 Å². The van der Waals surface area contributed by atoms with Gasteiger partial charge in [0.1, 0.15) is 0 Å². The summed E-state index contributed by atoms with van der Waals surface area (Å²) in [6.07, 6.45) is 0. The lowest BCUT2D eigenvalue weighted by Crippen LogP contribution is -2.57. The van der Waals surface area contributed by atoms with Crippen molar-refractivity contribution in [2.24, 2.45) is 0 Å². The summed E-state index contributed by atoms with van der Waals surface area (Å²) in [4.78, 5) is 18.1. The van der Waals surface area contributed by atoms with Crippen molar-refractivity contribution in [3.05, 3.63) is 54.1 Å². The minimum atomic E-state index is -0.757. The van der Waals surface area contributed by atoms with Crippen LogP contribution >= 0.6 is 11.8 Å². The third-order valence-corrected chi connectivity index (χ3v) is 6.65. The Morgan fingerprint density at radius 2 is 1.69 bits per heavy atom. The van der Waals surface area contributed by atoms with Gasteiger partial charge in [-0.05, 0) is 49.1 Å². The van der Waals surface area contributed by atoms with Gasteiger partial charge in [-0.2, -0.15) is 0 Å². The summed E-state index contributed by atoms with van der Waals surface area (Å²) in [6.45, 7) is 12.7. The summed E-state index contributed by atoms with van der Waals surface area (Å²) >= 11 is 1.79. The Morgan fingerprint density at radius 3 is 2.31 bits per heavy atom. The molecule has 29 heavy (non-hydrogen) atoms. The number of carbonyl (C=O) groups is 1. The van der Waals surface area contributed by atoms with Crippen LogP contribution < -0.4 is 4.90 Å². The van der Waals surface area contributed by atoms with Crippen molar-refractivity contribution in [1.29, 1.82) is 0 Å². The van der Waals surface area contributed by atoms with E-state index < -0.39 is 5.97 Å². The van der Waals surface area contributed by atoms with Crippen molar-refractivity contribution >= 4 is 23.4 Å². The molecule has 0 saturated carbocycles. The number of carboxylic acids is 1. The predicted molar refractivity (Wildman–Crippen MR) is 121 cm³/mol.